The molecule has 1 aliphatic rings. The van der Waals surface area contributed by atoms with E-state index in [0.29, 0.717) is 26.2 Å². The van der Waals surface area contributed by atoms with Crippen LogP contribution in [0.4, 0.5) is 0 Å². The average molecular weight is 201 g/mol. The fourth-order valence-electron chi connectivity index (χ4n) is 1.32. The second kappa shape index (κ2) is 4.95. The van der Waals surface area contributed by atoms with Crippen LogP contribution in [0.25, 0.3) is 0 Å². The maximum atomic E-state index is 11.4. The zero-order chi connectivity index (χ0) is 10.6. The van der Waals surface area contributed by atoms with Gasteiger partial charge < -0.3 is 14.7 Å². The van der Waals surface area contributed by atoms with E-state index in [1.54, 1.807) is 11.8 Å². The third-order valence-electron chi connectivity index (χ3n) is 2.23. The van der Waals surface area contributed by atoms with Gasteiger partial charge in [0.15, 0.2) is 0 Å². The van der Waals surface area contributed by atoms with Gasteiger partial charge in [0.25, 0.3) is 0 Å². The molecule has 0 radical (unpaired) electrons. The lowest BCUT2D eigenvalue weighted by molar-refractivity contribution is -0.142. The fraction of sp³-hybridized carbons (Fsp3) is 0.778. The Labute approximate surface area is 82.6 Å². The van der Waals surface area contributed by atoms with Gasteiger partial charge >= 0.3 is 5.97 Å². The van der Waals surface area contributed by atoms with Gasteiger partial charge in [0.05, 0.1) is 25.6 Å². The van der Waals surface area contributed by atoms with E-state index in [4.69, 9.17) is 9.84 Å². The van der Waals surface area contributed by atoms with Crippen LogP contribution in [-0.4, -0.2) is 48.2 Å². The number of hydrogen-bond donors (Lipinski definition) is 1. The normalized spacial score (nSPS) is 20.4. The summed E-state index contributed by atoms with van der Waals surface area (Å²) < 4.78 is 5.13. The van der Waals surface area contributed by atoms with Crippen molar-refractivity contribution in [1.29, 1.82) is 0 Å². The van der Waals surface area contributed by atoms with Crippen molar-refractivity contribution in [1.82, 2.24) is 4.90 Å². The van der Waals surface area contributed by atoms with Crippen molar-refractivity contribution >= 4 is 11.9 Å². The Hall–Kier alpha value is -1.10. The van der Waals surface area contributed by atoms with Crippen LogP contribution in [0.5, 0.6) is 0 Å². The van der Waals surface area contributed by atoms with Gasteiger partial charge in [-0.1, -0.05) is 6.92 Å². The highest BCUT2D eigenvalue weighted by Gasteiger charge is 2.21. The maximum absolute atomic E-state index is 11.4. The van der Waals surface area contributed by atoms with E-state index in [2.05, 4.69) is 0 Å². The van der Waals surface area contributed by atoms with Crippen LogP contribution in [0, 0.1) is 5.92 Å². The summed E-state index contributed by atoms with van der Waals surface area (Å²) in [7, 11) is 0. The van der Waals surface area contributed by atoms with E-state index in [-0.39, 0.29) is 12.5 Å². The van der Waals surface area contributed by atoms with Crippen molar-refractivity contribution in [2.24, 2.45) is 5.92 Å². The summed E-state index contributed by atoms with van der Waals surface area (Å²) in [5.74, 6) is -1.41. The monoisotopic (exact) mass is 201 g/mol. The minimum atomic E-state index is -0.872. The van der Waals surface area contributed by atoms with Gasteiger partial charge in [0, 0.05) is 13.1 Å². The van der Waals surface area contributed by atoms with Gasteiger partial charge in [-0.3, -0.25) is 9.59 Å². The van der Waals surface area contributed by atoms with Gasteiger partial charge in [-0.25, -0.2) is 0 Å². The summed E-state index contributed by atoms with van der Waals surface area (Å²) >= 11 is 0. The zero-order valence-electron chi connectivity index (χ0n) is 8.23. The summed E-state index contributed by atoms with van der Waals surface area (Å²) in [5.41, 5.74) is 0. The first-order valence-electron chi connectivity index (χ1n) is 4.69. The Bertz CT molecular complexity index is 229. The molecular weight excluding hydrogens is 186 g/mol. The minimum absolute atomic E-state index is 0.0180. The predicted octanol–water partition coefficient (Wildman–Crippen LogP) is -0.0440. The number of rotatable bonds is 3. The molecular formula is C9H15NO4. The van der Waals surface area contributed by atoms with Crippen molar-refractivity contribution in [2.75, 3.05) is 26.3 Å². The molecule has 0 saturated carbocycles. The minimum Gasteiger partial charge on any atom is -0.481 e. The van der Waals surface area contributed by atoms with E-state index in [0.717, 1.165) is 0 Å². The Morgan fingerprint density at radius 1 is 1.64 bits per heavy atom. The predicted molar refractivity (Wildman–Crippen MR) is 48.8 cm³/mol. The summed E-state index contributed by atoms with van der Waals surface area (Å²) in [6.45, 7) is 3.31. The highest BCUT2D eigenvalue weighted by atomic mass is 16.5. The first-order valence-corrected chi connectivity index (χ1v) is 4.69. The maximum Gasteiger partial charge on any atom is 0.308 e. The first kappa shape index (κ1) is 11.0. The quantitative estimate of drug-likeness (QED) is 0.695. The van der Waals surface area contributed by atoms with Gasteiger partial charge in [0.1, 0.15) is 0 Å². The smallest absolute Gasteiger partial charge is 0.308 e. The number of nitrogens with zero attached hydrogens (tertiary/aromatic N) is 1. The third kappa shape index (κ3) is 2.99. The molecule has 1 fully saturated rings. The van der Waals surface area contributed by atoms with Crippen LogP contribution in [0.2, 0.25) is 0 Å². The summed E-state index contributed by atoms with van der Waals surface area (Å²) in [6.07, 6.45) is 0.354. The topological polar surface area (TPSA) is 66.8 Å². The van der Waals surface area contributed by atoms with Gasteiger partial charge in [-0.05, 0) is 0 Å². The lowest BCUT2D eigenvalue weighted by atomic mass is 10.1. The van der Waals surface area contributed by atoms with Crippen LogP contribution in [-0.2, 0) is 14.3 Å². The van der Waals surface area contributed by atoms with Gasteiger partial charge in [0.2, 0.25) is 5.91 Å². The van der Waals surface area contributed by atoms with Crippen LogP contribution < -0.4 is 0 Å². The molecule has 0 aromatic carbocycles. The molecule has 1 unspecified atom stereocenters. The molecule has 1 atom stereocenters. The van der Waals surface area contributed by atoms with E-state index in [1.165, 1.54) is 0 Å². The number of aliphatic carboxylic acids is 1. The Balaban J connectivity index is 2.48. The average Bonchev–Trinajstić information content (AvgIpc) is 2.32. The summed E-state index contributed by atoms with van der Waals surface area (Å²) in [4.78, 5) is 23.6. The Morgan fingerprint density at radius 3 is 3.00 bits per heavy atom. The molecule has 0 bridgehead atoms. The van der Waals surface area contributed by atoms with Crippen LogP contribution in [0.3, 0.4) is 0 Å². The van der Waals surface area contributed by atoms with E-state index >= 15 is 0 Å². The standard InChI is InChI=1S/C9H15NO4/c1-7(9(12)13)6-10-3-5-14-4-2-8(10)11/h7H,2-6H2,1H3,(H,12,13). The Kier molecular flexibility index (Phi) is 3.88. The van der Waals surface area contributed by atoms with Gasteiger partial charge in [-0.15, -0.1) is 0 Å². The second-order valence-corrected chi connectivity index (χ2v) is 3.44. The number of carboxylic acids is 1. The molecule has 1 rings (SSSR count). The van der Waals surface area contributed by atoms with Crippen molar-refractivity contribution in [3.8, 4) is 0 Å². The van der Waals surface area contributed by atoms with Crippen molar-refractivity contribution in [2.45, 2.75) is 13.3 Å². The summed E-state index contributed by atoms with van der Waals surface area (Å²) in [5, 5.41) is 8.70. The molecule has 1 heterocycles. The number of carboxylic acid groups (broad SMARTS) is 1. The molecule has 14 heavy (non-hydrogen) atoms. The van der Waals surface area contributed by atoms with Crippen LogP contribution in [0.15, 0.2) is 0 Å². The third-order valence-corrected chi connectivity index (χ3v) is 2.23. The molecule has 0 spiro atoms. The highest BCUT2D eigenvalue weighted by molar-refractivity contribution is 5.77. The van der Waals surface area contributed by atoms with Crippen LogP contribution in [0.1, 0.15) is 13.3 Å². The molecule has 80 valence electrons. The number of amides is 1. The van der Waals surface area contributed by atoms with Crippen molar-refractivity contribution in [3.05, 3.63) is 0 Å². The molecule has 0 aromatic heterocycles. The van der Waals surface area contributed by atoms with Crippen LogP contribution >= 0.6 is 0 Å². The van der Waals surface area contributed by atoms with Crippen molar-refractivity contribution in [3.63, 3.8) is 0 Å². The molecule has 1 amide bonds. The lowest BCUT2D eigenvalue weighted by Crippen LogP contribution is -2.37. The SMILES string of the molecule is CC(CN1CCOCCC1=O)C(=O)O. The fourth-order valence-corrected chi connectivity index (χ4v) is 1.32. The second-order valence-electron chi connectivity index (χ2n) is 3.44. The van der Waals surface area contributed by atoms with Crippen molar-refractivity contribution < 1.29 is 19.4 Å². The van der Waals surface area contributed by atoms with E-state index < -0.39 is 11.9 Å². The number of carbonyl (C=O) groups is 2. The molecule has 0 aromatic rings. The largest absolute Gasteiger partial charge is 0.481 e. The summed E-state index contributed by atoms with van der Waals surface area (Å²) in [6, 6.07) is 0. The Morgan fingerprint density at radius 2 is 2.36 bits per heavy atom. The van der Waals surface area contributed by atoms with Gasteiger partial charge in [-0.2, -0.15) is 0 Å². The number of ether oxygens (including phenoxy) is 1. The molecule has 1 N–H and O–H groups in total. The highest BCUT2D eigenvalue weighted by Crippen LogP contribution is 2.05. The van der Waals surface area contributed by atoms with E-state index in [9.17, 15) is 9.59 Å². The van der Waals surface area contributed by atoms with E-state index in [1.807, 2.05) is 0 Å². The zero-order valence-corrected chi connectivity index (χ0v) is 8.23. The molecule has 5 heteroatoms. The molecule has 0 aliphatic carbocycles. The number of hydrogen-bond acceptors (Lipinski definition) is 3. The molecule has 5 nitrogen and oxygen atoms in total. The molecule has 1 saturated heterocycles. The molecule has 1 aliphatic heterocycles. The first-order chi connectivity index (χ1) is 6.61. The lowest BCUT2D eigenvalue weighted by Gasteiger charge is -2.21. The number of carbonyl (C=O) groups excluding carboxylic acids is 1.